The van der Waals surface area contributed by atoms with Gasteiger partial charge >= 0.3 is 0 Å². The first-order valence-electron chi connectivity index (χ1n) is 7.08. The molecule has 0 aliphatic rings. The van der Waals surface area contributed by atoms with E-state index in [1.807, 2.05) is 0 Å². The molecule has 130 valence electrons. The van der Waals surface area contributed by atoms with E-state index in [0.717, 1.165) is 6.07 Å². The molecule has 25 heavy (non-hydrogen) atoms. The number of pyridine rings is 2. The van der Waals surface area contributed by atoms with Crippen molar-refractivity contribution < 1.29 is 18.3 Å². The van der Waals surface area contributed by atoms with Gasteiger partial charge in [0.2, 0.25) is 5.88 Å². The Morgan fingerprint density at radius 1 is 1.28 bits per heavy atom. The van der Waals surface area contributed by atoms with Crippen LogP contribution < -0.4 is 4.74 Å². The van der Waals surface area contributed by atoms with Crippen molar-refractivity contribution in [3.05, 3.63) is 57.5 Å². The van der Waals surface area contributed by atoms with Crippen molar-refractivity contribution in [3.63, 3.8) is 0 Å². The Morgan fingerprint density at radius 2 is 1.96 bits per heavy atom. The van der Waals surface area contributed by atoms with Crippen LogP contribution in [0.4, 0.5) is 8.78 Å². The van der Waals surface area contributed by atoms with Gasteiger partial charge in [-0.15, -0.1) is 0 Å². The summed E-state index contributed by atoms with van der Waals surface area (Å²) in [6.07, 6.45) is -0.102. The van der Waals surface area contributed by atoms with Gasteiger partial charge in [0, 0.05) is 36.0 Å². The third-order valence-electron chi connectivity index (χ3n) is 3.63. The molecular weight excluding hydrogens is 375 g/mol. The summed E-state index contributed by atoms with van der Waals surface area (Å²) in [6.45, 7) is 0. The van der Waals surface area contributed by atoms with E-state index in [4.69, 9.17) is 27.9 Å². The van der Waals surface area contributed by atoms with E-state index < -0.39 is 12.1 Å². The number of alkyl halides is 2. The van der Waals surface area contributed by atoms with Crippen LogP contribution in [0.25, 0.3) is 5.52 Å². The normalized spacial score (nSPS) is 11.3. The van der Waals surface area contributed by atoms with Gasteiger partial charge in [-0.3, -0.25) is 9.78 Å². The van der Waals surface area contributed by atoms with E-state index in [-0.39, 0.29) is 39.2 Å². The maximum atomic E-state index is 13.0. The highest BCUT2D eigenvalue weighted by Crippen LogP contribution is 2.28. The highest BCUT2D eigenvalue weighted by atomic mass is 35.5. The van der Waals surface area contributed by atoms with Gasteiger partial charge in [0.05, 0.1) is 22.7 Å². The lowest BCUT2D eigenvalue weighted by Gasteiger charge is -2.09. The fraction of sp³-hybridized carbons (Fsp3) is 0.188. The zero-order valence-corrected chi connectivity index (χ0v) is 14.4. The maximum Gasteiger partial charge on any atom is 0.282 e. The Hall–Kier alpha value is -2.25. The number of nitrogens with zero attached hydrogens (tertiary/aromatic N) is 3. The average Bonchev–Trinajstić information content (AvgIpc) is 3.02. The number of carbonyl (C=O) groups excluding carboxylic acids is 1. The summed E-state index contributed by atoms with van der Waals surface area (Å²) in [5.74, 6) is -0.109. The predicted octanol–water partition coefficient (Wildman–Crippen LogP) is 4.41. The molecule has 5 nitrogen and oxygen atoms in total. The summed E-state index contributed by atoms with van der Waals surface area (Å²) in [5.41, 5.74) is 0.412. The highest BCUT2D eigenvalue weighted by molar-refractivity contribution is 6.36. The zero-order valence-electron chi connectivity index (χ0n) is 12.8. The second-order valence-corrected chi connectivity index (χ2v) is 5.95. The summed E-state index contributed by atoms with van der Waals surface area (Å²) < 4.78 is 32.2. The van der Waals surface area contributed by atoms with Gasteiger partial charge in [0.25, 0.3) is 6.43 Å². The van der Waals surface area contributed by atoms with Crippen LogP contribution in [0.2, 0.25) is 10.0 Å². The Bertz CT molecular complexity index is 940. The fourth-order valence-corrected chi connectivity index (χ4v) is 2.93. The number of halogens is 4. The van der Waals surface area contributed by atoms with Gasteiger partial charge in [-0.05, 0) is 12.1 Å². The summed E-state index contributed by atoms with van der Waals surface area (Å²) in [6, 6.07) is 4.14. The summed E-state index contributed by atoms with van der Waals surface area (Å²) in [4.78, 5) is 16.5. The molecule has 3 rings (SSSR count). The Balaban J connectivity index is 2.07. The second-order valence-electron chi connectivity index (χ2n) is 5.14. The van der Waals surface area contributed by atoms with Gasteiger partial charge in [0.15, 0.2) is 5.78 Å². The Labute approximate surface area is 151 Å². The second kappa shape index (κ2) is 6.93. The smallest absolute Gasteiger partial charge is 0.282 e. The van der Waals surface area contributed by atoms with Crippen LogP contribution in [0, 0.1) is 0 Å². The first-order valence-corrected chi connectivity index (χ1v) is 7.84. The minimum absolute atomic E-state index is 0.0998. The molecule has 0 saturated carbocycles. The van der Waals surface area contributed by atoms with E-state index in [1.165, 1.54) is 36.2 Å². The van der Waals surface area contributed by atoms with Crippen molar-refractivity contribution in [2.45, 2.75) is 12.8 Å². The van der Waals surface area contributed by atoms with E-state index in [2.05, 4.69) is 10.1 Å². The molecule has 9 heteroatoms. The van der Waals surface area contributed by atoms with Gasteiger partial charge in [-0.1, -0.05) is 23.2 Å². The van der Waals surface area contributed by atoms with Crippen LogP contribution in [0.15, 0.2) is 30.6 Å². The molecule has 3 aromatic rings. The van der Waals surface area contributed by atoms with Gasteiger partial charge in [-0.2, -0.15) is 9.61 Å². The predicted molar refractivity (Wildman–Crippen MR) is 89.0 cm³/mol. The van der Waals surface area contributed by atoms with Crippen molar-refractivity contribution in [2.75, 3.05) is 7.11 Å². The molecule has 0 fully saturated rings. The van der Waals surface area contributed by atoms with Crippen LogP contribution in [0.3, 0.4) is 0 Å². The molecule has 0 atom stereocenters. The van der Waals surface area contributed by atoms with E-state index >= 15 is 0 Å². The molecule has 0 bridgehead atoms. The Kier molecular flexibility index (Phi) is 4.87. The average molecular weight is 386 g/mol. The van der Waals surface area contributed by atoms with Gasteiger partial charge < -0.3 is 4.74 Å². The molecule has 0 aliphatic heterocycles. The zero-order chi connectivity index (χ0) is 18.1. The molecule has 0 amide bonds. The number of hydrogen-bond acceptors (Lipinski definition) is 4. The molecule has 0 saturated heterocycles. The van der Waals surface area contributed by atoms with Crippen LogP contribution in [-0.4, -0.2) is 27.5 Å². The molecule has 3 aromatic heterocycles. The number of hydrogen-bond donors (Lipinski definition) is 0. The Morgan fingerprint density at radius 3 is 2.56 bits per heavy atom. The molecule has 3 heterocycles. The van der Waals surface area contributed by atoms with Crippen molar-refractivity contribution in [1.29, 1.82) is 0 Å². The third kappa shape index (κ3) is 3.29. The van der Waals surface area contributed by atoms with Crippen LogP contribution in [0.5, 0.6) is 5.88 Å². The largest absolute Gasteiger partial charge is 0.481 e. The number of ketones is 1. The lowest BCUT2D eigenvalue weighted by Crippen LogP contribution is -2.08. The number of aromatic nitrogens is 3. The van der Waals surface area contributed by atoms with Crippen molar-refractivity contribution in [1.82, 2.24) is 14.6 Å². The number of carbonyl (C=O) groups is 1. The topological polar surface area (TPSA) is 56.5 Å². The molecule has 0 radical (unpaired) electrons. The third-order valence-corrected chi connectivity index (χ3v) is 4.28. The standard InChI is InChI=1S/C16H11Cl2F2N3O2/c1-25-15-3-2-8(13-5-12(16(19)20)22-23(13)15)14(24)4-9-10(17)6-21-7-11(9)18/h2-3,5-7,16H,4H2,1H3. The molecular formula is C16H11Cl2F2N3O2. The molecule has 0 spiro atoms. The first-order chi connectivity index (χ1) is 11.9. The van der Waals surface area contributed by atoms with E-state index in [1.54, 1.807) is 0 Å². The molecule has 0 N–H and O–H groups in total. The molecule has 0 aliphatic carbocycles. The summed E-state index contributed by atoms with van der Waals surface area (Å²) in [7, 11) is 1.39. The van der Waals surface area contributed by atoms with E-state index in [0.29, 0.717) is 5.56 Å². The van der Waals surface area contributed by atoms with Gasteiger partial charge in [-0.25, -0.2) is 8.78 Å². The number of methoxy groups -OCH3 is 1. The number of fused-ring (bicyclic) bond motifs is 1. The van der Waals surface area contributed by atoms with Crippen LogP contribution >= 0.6 is 23.2 Å². The number of Topliss-reactive ketones (excluding diaryl/α,β-unsaturated/α-hetero) is 1. The molecule has 0 unspecified atom stereocenters. The number of ether oxygens (including phenoxy) is 1. The lowest BCUT2D eigenvalue weighted by molar-refractivity contribution is 0.0994. The quantitative estimate of drug-likeness (QED) is 0.610. The van der Waals surface area contributed by atoms with Gasteiger partial charge in [0.1, 0.15) is 5.69 Å². The maximum absolute atomic E-state index is 13.0. The summed E-state index contributed by atoms with van der Waals surface area (Å²) in [5, 5.41) is 4.31. The molecule has 0 aromatic carbocycles. The number of rotatable bonds is 5. The van der Waals surface area contributed by atoms with Crippen molar-refractivity contribution in [2.24, 2.45) is 0 Å². The highest BCUT2D eigenvalue weighted by Gasteiger charge is 2.21. The van der Waals surface area contributed by atoms with Crippen molar-refractivity contribution in [3.8, 4) is 5.88 Å². The van der Waals surface area contributed by atoms with Crippen LogP contribution in [-0.2, 0) is 6.42 Å². The van der Waals surface area contributed by atoms with Crippen molar-refractivity contribution >= 4 is 34.5 Å². The first kappa shape index (κ1) is 17.6. The minimum atomic E-state index is -2.77. The fourth-order valence-electron chi connectivity index (χ4n) is 2.43. The minimum Gasteiger partial charge on any atom is -0.481 e. The SMILES string of the molecule is COc1ccc(C(=O)Cc2c(Cl)cncc2Cl)c2cc(C(F)F)nn12. The van der Waals surface area contributed by atoms with Crippen LogP contribution in [0.1, 0.15) is 28.0 Å². The lowest BCUT2D eigenvalue weighted by atomic mass is 10.0. The summed E-state index contributed by atoms with van der Waals surface area (Å²) >= 11 is 12.1. The van der Waals surface area contributed by atoms with E-state index in [9.17, 15) is 13.6 Å². The monoisotopic (exact) mass is 385 g/mol.